The Labute approximate surface area is 109 Å². The van der Waals surface area contributed by atoms with Crippen molar-refractivity contribution in [2.24, 2.45) is 0 Å². The van der Waals surface area contributed by atoms with Crippen molar-refractivity contribution in [2.75, 3.05) is 6.61 Å². The van der Waals surface area contributed by atoms with E-state index in [9.17, 15) is 19.7 Å². The molecule has 0 fully saturated rings. The van der Waals surface area contributed by atoms with E-state index >= 15 is 0 Å². The molecule has 1 rings (SSSR count). The lowest BCUT2D eigenvalue weighted by atomic mass is 10.2. The average Bonchev–Trinajstić information content (AvgIpc) is 2.37. The van der Waals surface area contributed by atoms with Crippen molar-refractivity contribution < 1.29 is 24.4 Å². The van der Waals surface area contributed by atoms with Gasteiger partial charge >= 0.3 is 11.7 Å². The van der Waals surface area contributed by atoms with Crippen LogP contribution in [0.15, 0.2) is 18.2 Å². The minimum absolute atomic E-state index is 0.0184. The molecule has 0 bridgehead atoms. The van der Waals surface area contributed by atoms with E-state index in [1.807, 2.05) is 0 Å². The minimum Gasteiger partial charge on any atom is -0.487 e. The molecule has 0 spiro atoms. The number of hydrogen-bond acceptors (Lipinski definition) is 5. The Morgan fingerprint density at radius 1 is 1.42 bits per heavy atom. The van der Waals surface area contributed by atoms with Crippen LogP contribution in [-0.2, 0) is 4.79 Å². The van der Waals surface area contributed by atoms with Crippen molar-refractivity contribution >= 4 is 17.9 Å². The van der Waals surface area contributed by atoms with Crippen LogP contribution < -0.4 is 4.74 Å². The number of nitro groups is 1. The van der Waals surface area contributed by atoms with Gasteiger partial charge in [0.2, 0.25) is 0 Å². The second-order valence-corrected chi connectivity index (χ2v) is 3.77. The topological polar surface area (TPSA) is 107 Å². The molecule has 7 heteroatoms. The van der Waals surface area contributed by atoms with Crippen molar-refractivity contribution in [2.45, 2.75) is 19.3 Å². The number of carbonyl (C=O) groups excluding carboxylic acids is 1. The van der Waals surface area contributed by atoms with Gasteiger partial charge in [-0.1, -0.05) is 6.07 Å². The standard InChI is InChI=1S/C12H13NO6/c14-8-9-4-3-5-10(12(9)13(17)18)19-7-2-1-6-11(15)16/h3-5,8H,1-2,6-7H2,(H,15,16). The summed E-state index contributed by atoms with van der Waals surface area (Å²) in [4.78, 5) is 31.2. The minimum atomic E-state index is -0.895. The molecule has 102 valence electrons. The fraction of sp³-hybridized carbons (Fsp3) is 0.333. The number of para-hydroxylation sites is 1. The molecule has 0 aliphatic rings. The lowest BCUT2D eigenvalue weighted by Gasteiger charge is -2.07. The molecule has 1 aromatic rings. The summed E-state index contributed by atoms with van der Waals surface area (Å²) in [6.45, 7) is 0.163. The predicted molar refractivity (Wildman–Crippen MR) is 65.5 cm³/mol. The Kier molecular flexibility index (Phi) is 5.46. The molecule has 19 heavy (non-hydrogen) atoms. The number of nitrogens with zero attached hydrogens (tertiary/aromatic N) is 1. The van der Waals surface area contributed by atoms with Crippen molar-refractivity contribution in [3.8, 4) is 5.75 Å². The predicted octanol–water partition coefficient (Wildman–Crippen LogP) is 2.04. The maximum Gasteiger partial charge on any atom is 0.321 e. The molecule has 0 heterocycles. The third-order valence-corrected chi connectivity index (χ3v) is 2.38. The maximum atomic E-state index is 10.9. The van der Waals surface area contributed by atoms with Crippen LogP contribution in [-0.4, -0.2) is 28.9 Å². The molecule has 0 amide bonds. The van der Waals surface area contributed by atoms with E-state index in [-0.39, 0.29) is 30.0 Å². The first kappa shape index (κ1) is 14.6. The van der Waals surface area contributed by atoms with Crippen LogP contribution in [0.3, 0.4) is 0 Å². The van der Waals surface area contributed by atoms with Crippen molar-refractivity contribution in [1.82, 2.24) is 0 Å². The Morgan fingerprint density at radius 3 is 2.74 bits per heavy atom. The van der Waals surface area contributed by atoms with Crippen LogP contribution in [0, 0.1) is 10.1 Å². The molecule has 0 saturated heterocycles. The Balaban J connectivity index is 2.65. The number of unbranched alkanes of at least 4 members (excludes halogenated alkanes) is 1. The SMILES string of the molecule is O=Cc1cccc(OCCCCC(=O)O)c1[N+](=O)[O-]. The number of carbonyl (C=O) groups is 2. The summed E-state index contributed by atoms with van der Waals surface area (Å²) >= 11 is 0. The second-order valence-electron chi connectivity index (χ2n) is 3.77. The molecule has 7 nitrogen and oxygen atoms in total. The molecule has 0 saturated carbocycles. The monoisotopic (exact) mass is 267 g/mol. The molecule has 1 N–H and O–H groups in total. The van der Waals surface area contributed by atoms with Gasteiger partial charge in [-0.25, -0.2) is 0 Å². The summed E-state index contributed by atoms with van der Waals surface area (Å²) in [5.74, 6) is -0.876. The smallest absolute Gasteiger partial charge is 0.321 e. The normalized spacial score (nSPS) is 9.89. The number of carboxylic acids is 1. The fourth-order valence-corrected chi connectivity index (χ4v) is 1.51. The van der Waals surface area contributed by atoms with Crippen LogP contribution in [0.2, 0.25) is 0 Å². The van der Waals surface area contributed by atoms with E-state index < -0.39 is 10.9 Å². The van der Waals surface area contributed by atoms with E-state index in [2.05, 4.69) is 0 Å². The first-order valence-corrected chi connectivity index (χ1v) is 5.63. The number of aldehydes is 1. The average molecular weight is 267 g/mol. The fourth-order valence-electron chi connectivity index (χ4n) is 1.51. The molecular weight excluding hydrogens is 254 g/mol. The van der Waals surface area contributed by atoms with Gasteiger partial charge < -0.3 is 9.84 Å². The van der Waals surface area contributed by atoms with Crippen LogP contribution in [0.25, 0.3) is 0 Å². The van der Waals surface area contributed by atoms with Gasteiger partial charge in [0, 0.05) is 6.42 Å². The van der Waals surface area contributed by atoms with E-state index in [0.29, 0.717) is 19.1 Å². The van der Waals surface area contributed by atoms with Gasteiger partial charge in [0.05, 0.1) is 17.1 Å². The molecule has 0 unspecified atom stereocenters. The Bertz CT molecular complexity index is 485. The highest BCUT2D eigenvalue weighted by atomic mass is 16.6. The quantitative estimate of drug-likeness (QED) is 0.334. The number of benzene rings is 1. The van der Waals surface area contributed by atoms with E-state index in [1.54, 1.807) is 0 Å². The highest BCUT2D eigenvalue weighted by Gasteiger charge is 2.20. The zero-order valence-electron chi connectivity index (χ0n) is 10.1. The number of ether oxygens (including phenoxy) is 1. The Morgan fingerprint density at radius 2 is 2.16 bits per heavy atom. The van der Waals surface area contributed by atoms with Gasteiger partial charge in [-0.05, 0) is 25.0 Å². The first-order valence-electron chi connectivity index (χ1n) is 5.63. The lowest BCUT2D eigenvalue weighted by molar-refractivity contribution is -0.386. The zero-order chi connectivity index (χ0) is 14.3. The third-order valence-electron chi connectivity index (χ3n) is 2.38. The van der Waals surface area contributed by atoms with E-state index in [0.717, 1.165) is 0 Å². The number of nitro benzene ring substituents is 1. The van der Waals surface area contributed by atoms with Crippen molar-refractivity contribution in [3.63, 3.8) is 0 Å². The first-order chi connectivity index (χ1) is 9.06. The van der Waals surface area contributed by atoms with Crippen LogP contribution in [0.5, 0.6) is 5.75 Å². The van der Waals surface area contributed by atoms with Crippen LogP contribution in [0.1, 0.15) is 29.6 Å². The summed E-state index contributed by atoms with van der Waals surface area (Å²) < 4.78 is 5.23. The Hall–Kier alpha value is -2.44. The number of rotatable bonds is 8. The van der Waals surface area contributed by atoms with Gasteiger partial charge in [-0.15, -0.1) is 0 Å². The van der Waals surface area contributed by atoms with Crippen molar-refractivity contribution in [1.29, 1.82) is 0 Å². The maximum absolute atomic E-state index is 10.9. The zero-order valence-corrected chi connectivity index (χ0v) is 10.1. The third kappa shape index (κ3) is 4.38. The molecule has 0 radical (unpaired) electrons. The molecule has 0 aliphatic heterocycles. The van der Waals surface area contributed by atoms with Gasteiger partial charge in [0.15, 0.2) is 12.0 Å². The molecule has 0 aromatic heterocycles. The van der Waals surface area contributed by atoms with Gasteiger partial charge in [0.25, 0.3) is 0 Å². The molecular formula is C12H13NO6. The van der Waals surface area contributed by atoms with E-state index in [4.69, 9.17) is 9.84 Å². The van der Waals surface area contributed by atoms with Crippen molar-refractivity contribution in [3.05, 3.63) is 33.9 Å². The molecule has 0 atom stereocenters. The summed E-state index contributed by atoms with van der Waals surface area (Å²) in [5.41, 5.74) is -0.413. The lowest BCUT2D eigenvalue weighted by Crippen LogP contribution is -2.04. The highest BCUT2D eigenvalue weighted by Crippen LogP contribution is 2.29. The van der Waals surface area contributed by atoms with Crippen LogP contribution >= 0.6 is 0 Å². The van der Waals surface area contributed by atoms with Gasteiger partial charge in [0.1, 0.15) is 0 Å². The number of carboxylic acid groups (broad SMARTS) is 1. The summed E-state index contributed by atoms with van der Waals surface area (Å²) in [6.07, 6.45) is 1.32. The number of hydrogen-bond donors (Lipinski definition) is 1. The largest absolute Gasteiger partial charge is 0.487 e. The summed E-state index contributed by atoms with van der Waals surface area (Å²) in [7, 11) is 0. The summed E-state index contributed by atoms with van der Waals surface area (Å²) in [6, 6.07) is 4.23. The van der Waals surface area contributed by atoms with Gasteiger partial charge in [-0.3, -0.25) is 19.7 Å². The highest BCUT2D eigenvalue weighted by molar-refractivity contribution is 5.83. The van der Waals surface area contributed by atoms with Crippen LogP contribution in [0.4, 0.5) is 5.69 Å². The van der Waals surface area contributed by atoms with Gasteiger partial charge in [-0.2, -0.15) is 0 Å². The number of aliphatic carboxylic acids is 1. The molecule has 0 aliphatic carbocycles. The second kappa shape index (κ2) is 7.10. The molecule has 1 aromatic carbocycles. The summed E-state index contributed by atoms with van der Waals surface area (Å²) in [5, 5.41) is 19.3. The van der Waals surface area contributed by atoms with E-state index in [1.165, 1.54) is 18.2 Å².